The molecule has 0 unspecified atom stereocenters. The zero-order chi connectivity index (χ0) is 40.7. The van der Waals surface area contributed by atoms with Gasteiger partial charge in [-0.2, -0.15) is 0 Å². The first-order valence-corrected chi connectivity index (χ1v) is 21.0. The Morgan fingerprint density at radius 2 is 1.47 bits per heavy atom. The summed E-state index contributed by atoms with van der Waals surface area (Å²) in [4.78, 5) is 43.8. The maximum atomic E-state index is 15.0. The molecule has 0 bridgehead atoms. The van der Waals surface area contributed by atoms with E-state index in [-0.39, 0.29) is 42.5 Å². The Bertz CT molecular complexity index is 2710. The van der Waals surface area contributed by atoms with Gasteiger partial charge in [0.1, 0.15) is 6.61 Å². The molecular formula is C45H46N4O8S. The van der Waals surface area contributed by atoms with Gasteiger partial charge in [-0.15, -0.1) is 0 Å². The molecule has 8 rings (SSSR count). The summed E-state index contributed by atoms with van der Waals surface area (Å²) in [6, 6.07) is 32.2. The van der Waals surface area contributed by atoms with Crippen LogP contribution in [0.3, 0.4) is 0 Å². The molecule has 0 N–H and O–H groups in total. The van der Waals surface area contributed by atoms with E-state index in [2.05, 4.69) is 0 Å². The maximum Gasteiger partial charge on any atom is 0.410 e. The normalized spacial score (nSPS) is 19.0. The first-order chi connectivity index (χ1) is 28.0. The van der Waals surface area contributed by atoms with Gasteiger partial charge < -0.3 is 14.2 Å². The summed E-state index contributed by atoms with van der Waals surface area (Å²) in [7, 11) is -1.26. The van der Waals surface area contributed by atoms with Crippen LogP contribution in [0.2, 0.25) is 0 Å². The number of rotatable bonds is 10. The third kappa shape index (κ3) is 6.92. The van der Waals surface area contributed by atoms with Crippen molar-refractivity contribution >= 4 is 27.0 Å². The maximum absolute atomic E-state index is 15.0. The van der Waals surface area contributed by atoms with E-state index in [1.54, 1.807) is 48.3 Å². The monoisotopic (exact) mass is 802 g/mol. The second kappa shape index (κ2) is 15.8. The van der Waals surface area contributed by atoms with Gasteiger partial charge in [-0.1, -0.05) is 103 Å². The van der Waals surface area contributed by atoms with E-state index in [4.69, 9.17) is 14.2 Å². The molecule has 0 saturated carbocycles. The molecule has 2 aliphatic heterocycles. The van der Waals surface area contributed by atoms with E-state index in [9.17, 15) is 22.8 Å². The molecule has 4 atom stereocenters. The molecular weight excluding hydrogens is 757 g/mol. The fourth-order valence-electron chi connectivity index (χ4n) is 8.60. The van der Waals surface area contributed by atoms with Crippen molar-refractivity contribution in [3.8, 4) is 5.88 Å². The van der Waals surface area contributed by atoms with Gasteiger partial charge >= 0.3 is 11.8 Å². The van der Waals surface area contributed by atoms with Gasteiger partial charge in [-0.3, -0.25) is 18.8 Å². The lowest BCUT2D eigenvalue weighted by Gasteiger charge is -2.43. The Balaban J connectivity index is 1.32. The molecule has 300 valence electrons. The zero-order valence-electron chi connectivity index (χ0n) is 32.9. The summed E-state index contributed by atoms with van der Waals surface area (Å²) in [6.45, 7) is 4.32. The molecule has 0 fully saturated rings. The molecule has 58 heavy (non-hydrogen) atoms. The second-order valence-corrected chi connectivity index (χ2v) is 16.9. The van der Waals surface area contributed by atoms with Crippen molar-refractivity contribution in [1.82, 2.24) is 18.0 Å². The van der Waals surface area contributed by atoms with Crippen molar-refractivity contribution in [2.24, 2.45) is 20.0 Å². The SMILES string of the molecule is CC[C@H]1[C@H](OCc2ccccc2)Oc2c(c(=O)n(C)c(=O)n2C)[C@@H]1C[C@@H]1c2c(c3ccccc3n2S(=O)(=O)c2ccc(C)cc2)CCN1C(=O)OCc1ccccc1. The highest BCUT2D eigenvalue weighted by Crippen LogP contribution is 2.49. The molecule has 0 aliphatic carbocycles. The third-order valence-corrected chi connectivity index (χ3v) is 13.3. The summed E-state index contributed by atoms with van der Waals surface area (Å²) in [6.07, 6.45) is -0.540. The fraction of sp³-hybridized carbons (Fsp3) is 0.311. The number of ether oxygens (including phenoxy) is 3. The summed E-state index contributed by atoms with van der Waals surface area (Å²) in [5.74, 6) is -1.02. The number of carbonyl (C=O) groups excluding carboxylic acids is 1. The molecule has 0 radical (unpaired) electrons. The van der Waals surface area contributed by atoms with Crippen LogP contribution in [-0.4, -0.2) is 45.4 Å². The number of aryl methyl sites for hydroxylation is 1. The zero-order valence-corrected chi connectivity index (χ0v) is 33.7. The van der Waals surface area contributed by atoms with Crippen LogP contribution in [0.1, 0.15) is 65.2 Å². The Kier molecular flexibility index (Phi) is 10.6. The number of benzene rings is 4. The Hall–Kier alpha value is -5.92. The second-order valence-electron chi connectivity index (χ2n) is 15.1. The predicted octanol–water partition coefficient (Wildman–Crippen LogP) is 6.96. The fourth-order valence-corrected chi connectivity index (χ4v) is 10.2. The summed E-state index contributed by atoms with van der Waals surface area (Å²) < 4.78 is 52.7. The molecule has 0 saturated heterocycles. The molecule has 13 heteroatoms. The van der Waals surface area contributed by atoms with Crippen molar-refractivity contribution in [3.63, 3.8) is 0 Å². The summed E-state index contributed by atoms with van der Waals surface area (Å²) in [5, 5.41) is 0.761. The number of carbonyl (C=O) groups is 1. The number of fused-ring (bicyclic) bond motifs is 4. The summed E-state index contributed by atoms with van der Waals surface area (Å²) >= 11 is 0. The van der Waals surface area contributed by atoms with Gasteiger partial charge in [0.15, 0.2) is 0 Å². The first kappa shape index (κ1) is 38.9. The number of nitrogens with zero attached hydrogens (tertiary/aromatic N) is 4. The van der Waals surface area contributed by atoms with Crippen LogP contribution in [-0.2, 0) is 53.2 Å². The lowest BCUT2D eigenvalue weighted by atomic mass is 9.77. The number of hydrogen-bond acceptors (Lipinski definition) is 8. The van der Waals surface area contributed by atoms with E-state index in [0.717, 1.165) is 32.2 Å². The lowest BCUT2D eigenvalue weighted by molar-refractivity contribution is -0.146. The van der Waals surface area contributed by atoms with Gasteiger partial charge in [0.25, 0.3) is 15.6 Å². The quantitative estimate of drug-likeness (QED) is 0.145. The van der Waals surface area contributed by atoms with E-state index in [1.165, 1.54) is 15.6 Å². The highest BCUT2D eigenvalue weighted by molar-refractivity contribution is 7.90. The van der Waals surface area contributed by atoms with Crippen molar-refractivity contribution in [1.29, 1.82) is 0 Å². The number of hydrogen-bond donors (Lipinski definition) is 0. The predicted molar refractivity (Wildman–Crippen MR) is 219 cm³/mol. The van der Waals surface area contributed by atoms with E-state index in [0.29, 0.717) is 24.1 Å². The average Bonchev–Trinajstić information content (AvgIpc) is 3.60. The minimum absolute atomic E-state index is 0.0101. The van der Waals surface area contributed by atoms with Gasteiger partial charge in [0.2, 0.25) is 12.2 Å². The molecule has 6 aromatic rings. The number of amides is 1. The van der Waals surface area contributed by atoms with E-state index in [1.807, 2.05) is 86.6 Å². The minimum Gasteiger partial charge on any atom is -0.449 e. The van der Waals surface area contributed by atoms with Crippen LogP contribution in [0.15, 0.2) is 124 Å². The highest BCUT2D eigenvalue weighted by Gasteiger charge is 2.47. The van der Waals surface area contributed by atoms with Gasteiger partial charge in [-0.25, -0.2) is 22.0 Å². The van der Waals surface area contributed by atoms with Crippen molar-refractivity contribution < 1.29 is 27.4 Å². The van der Waals surface area contributed by atoms with Crippen LogP contribution in [0.25, 0.3) is 10.9 Å². The smallest absolute Gasteiger partial charge is 0.410 e. The van der Waals surface area contributed by atoms with Crippen LogP contribution in [0.5, 0.6) is 5.88 Å². The molecule has 2 aliphatic rings. The van der Waals surface area contributed by atoms with Gasteiger partial charge in [0, 0.05) is 37.9 Å². The van der Waals surface area contributed by atoms with E-state index >= 15 is 0 Å². The number of para-hydroxylation sites is 1. The largest absolute Gasteiger partial charge is 0.449 e. The Morgan fingerprint density at radius 3 is 2.14 bits per heavy atom. The molecule has 2 aromatic heterocycles. The number of aromatic nitrogens is 3. The lowest BCUT2D eigenvalue weighted by Crippen LogP contribution is -2.49. The highest BCUT2D eigenvalue weighted by atomic mass is 32.2. The van der Waals surface area contributed by atoms with Gasteiger partial charge in [0.05, 0.1) is 34.3 Å². The molecule has 0 spiro atoms. The van der Waals surface area contributed by atoms with E-state index < -0.39 is 51.5 Å². The standard InChI is InChI=1S/C45H46N4O8S/c1-5-33-36(39-41(50)46(3)44(51)47(4)42(39)57-43(33)55-27-30-14-8-6-9-15-30)26-38-40-35(24-25-48(38)45(52)56-28-31-16-10-7-11-17-31)34-18-12-13-19-37(34)49(40)58(53,54)32-22-20-29(2)21-23-32/h6-23,33,36,38,43H,5,24-28H2,1-4H3/t33-,36-,38-,43-/m1/s1. The average molecular weight is 803 g/mol. The molecule has 1 amide bonds. The van der Waals surface area contributed by atoms with Crippen LogP contribution in [0, 0.1) is 12.8 Å². The third-order valence-electron chi connectivity index (χ3n) is 11.6. The summed E-state index contributed by atoms with van der Waals surface area (Å²) in [5.41, 5.74) is 3.52. The molecule has 4 aromatic carbocycles. The molecule has 4 heterocycles. The topological polar surface area (TPSA) is 131 Å². The minimum atomic E-state index is -4.24. The van der Waals surface area contributed by atoms with Crippen molar-refractivity contribution in [2.45, 2.75) is 69.5 Å². The Labute approximate surface area is 336 Å². The van der Waals surface area contributed by atoms with Crippen LogP contribution >= 0.6 is 0 Å². The first-order valence-electron chi connectivity index (χ1n) is 19.5. The van der Waals surface area contributed by atoms with Gasteiger partial charge in [-0.05, 0) is 61.1 Å². The Morgan fingerprint density at radius 1 is 0.828 bits per heavy atom. The van der Waals surface area contributed by atoms with Crippen LogP contribution in [0.4, 0.5) is 4.79 Å². The van der Waals surface area contributed by atoms with Crippen LogP contribution < -0.4 is 16.0 Å². The van der Waals surface area contributed by atoms with Crippen molar-refractivity contribution in [3.05, 3.63) is 164 Å². The van der Waals surface area contributed by atoms with Crippen molar-refractivity contribution in [2.75, 3.05) is 6.54 Å². The molecule has 12 nitrogen and oxygen atoms in total.